The highest BCUT2D eigenvalue weighted by Crippen LogP contribution is 2.29. The molecule has 0 atom stereocenters. The van der Waals surface area contributed by atoms with E-state index in [9.17, 15) is 4.79 Å². The molecular weight excluding hydrogens is 255 g/mol. The molecular formula is C14H10Cl2O. The molecule has 0 fully saturated rings. The first-order valence-corrected chi connectivity index (χ1v) is 5.88. The van der Waals surface area contributed by atoms with Crippen molar-refractivity contribution in [1.82, 2.24) is 0 Å². The van der Waals surface area contributed by atoms with Crippen LogP contribution in [0, 0.1) is 6.92 Å². The summed E-state index contributed by atoms with van der Waals surface area (Å²) < 4.78 is 0. The fourth-order valence-corrected chi connectivity index (χ4v) is 2.26. The van der Waals surface area contributed by atoms with E-state index in [-0.39, 0.29) is 0 Å². The number of halogens is 2. The van der Waals surface area contributed by atoms with Gasteiger partial charge in [0.25, 0.3) is 0 Å². The molecule has 2 aromatic rings. The SMILES string of the molecule is Cc1ccc(C=O)cc1-c1cc(Cl)cc(Cl)c1. The van der Waals surface area contributed by atoms with Gasteiger partial charge in [-0.1, -0.05) is 35.3 Å². The zero-order valence-electron chi connectivity index (χ0n) is 9.21. The normalized spacial score (nSPS) is 10.3. The first-order valence-electron chi connectivity index (χ1n) is 5.12. The number of aldehydes is 1. The van der Waals surface area contributed by atoms with Crippen molar-refractivity contribution in [2.24, 2.45) is 0 Å². The zero-order valence-corrected chi connectivity index (χ0v) is 10.7. The minimum atomic E-state index is 0.586. The third kappa shape index (κ3) is 2.68. The van der Waals surface area contributed by atoms with Gasteiger partial charge in [-0.05, 0) is 47.9 Å². The maximum atomic E-state index is 10.8. The number of rotatable bonds is 2. The Morgan fingerprint density at radius 2 is 1.65 bits per heavy atom. The van der Waals surface area contributed by atoms with Crippen molar-refractivity contribution >= 4 is 29.5 Å². The third-order valence-electron chi connectivity index (χ3n) is 2.57. The Hall–Kier alpha value is -1.31. The van der Waals surface area contributed by atoms with Crippen LogP contribution in [0.2, 0.25) is 10.0 Å². The Labute approximate surface area is 110 Å². The molecule has 0 aliphatic carbocycles. The van der Waals surface area contributed by atoms with Gasteiger partial charge in [-0.3, -0.25) is 4.79 Å². The lowest BCUT2D eigenvalue weighted by atomic mass is 9.98. The van der Waals surface area contributed by atoms with Crippen molar-refractivity contribution in [3.05, 3.63) is 57.6 Å². The molecule has 86 valence electrons. The number of carbonyl (C=O) groups is 1. The lowest BCUT2D eigenvalue weighted by Crippen LogP contribution is -1.87. The summed E-state index contributed by atoms with van der Waals surface area (Å²) >= 11 is 11.9. The van der Waals surface area contributed by atoms with E-state index >= 15 is 0 Å². The highest BCUT2D eigenvalue weighted by atomic mass is 35.5. The highest BCUT2D eigenvalue weighted by Gasteiger charge is 2.05. The molecule has 0 amide bonds. The van der Waals surface area contributed by atoms with Crippen molar-refractivity contribution in [3.8, 4) is 11.1 Å². The topological polar surface area (TPSA) is 17.1 Å². The summed E-state index contributed by atoms with van der Waals surface area (Å²) in [6, 6.07) is 10.9. The van der Waals surface area contributed by atoms with Crippen molar-refractivity contribution in [2.45, 2.75) is 6.92 Å². The third-order valence-corrected chi connectivity index (χ3v) is 3.01. The lowest BCUT2D eigenvalue weighted by molar-refractivity contribution is 0.112. The molecule has 0 unspecified atom stereocenters. The van der Waals surface area contributed by atoms with Crippen LogP contribution in [-0.2, 0) is 0 Å². The summed E-state index contributed by atoms with van der Waals surface area (Å²) in [5.41, 5.74) is 3.61. The predicted molar refractivity (Wildman–Crippen MR) is 72.0 cm³/mol. The molecule has 0 aliphatic rings. The van der Waals surface area contributed by atoms with Crippen LogP contribution in [0.1, 0.15) is 15.9 Å². The van der Waals surface area contributed by atoms with E-state index in [1.807, 2.05) is 31.2 Å². The largest absolute Gasteiger partial charge is 0.298 e. The van der Waals surface area contributed by atoms with Crippen LogP contribution in [0.3, 0.4) is 0 Å². The number of hydrogen-bond donors (Lipinski definition) is 0. The van der Waals surface area contributed by atoms with Crippen molar-refractivity contribution in [2.75, 3.05) is 0 Å². The summed E-state index contributed by atoms with van der Waals surface area (Å²) in [6.07, 6.45) is 0.828. The average molecular weight is 265 g/mol. The summed E-state index contributed by atoms with van der Waals surface area (Å²) in [5.74, 6) is 0. The van der Waals surface area contributed by atoms with Crippen LogP contribution in [0.15, 0.2) is 36.4 Å². The number of aryl methyl sites for hydroxylation is 1. The van der Waals surface area contributed by atoms with Crippen molar-refractivity contribution in [3.63, 3.8) is 0 Å². The Kier molecular flexibility index (Phi) is 3.51. The molecule has 0 radical (unpaired) electrons. The van der Waals surface area contributed by atoms with Gasteiger partial charge in [-0.2, -0.15) is 0 Å². The van der Waals surface area contributed by atoms with Crippen molar-refractivity contribution < 1.29 is 4.79 Å². The van der Waals surface area contributed by atoms with Gasteiger partial charge in [0, 0.05) is 15.6 Å². The van der Waals surface area contributed by atoms with Gasteiger partial charge in [-0.15, -0.1) is 0 Å². The first-order chi connectivity index (χ1) is 8.10. The van der Waals surface area contributed by atoms with E-state index < -0.39 is 0 Å². The predicted octanol–water partition coefficient (Wildman–Crippen LogP) is 4.78. The minimum absolute atomic E-state index is 0.586. The zero-order chi connectivity index (χ0) is 12.4. The molecule has 0 saturated heterocycles. The van der Waals surface area contributed by atoms with Gasteiger partial charge < -0.3 is 0 Å². The van der Waals surface area contributed by atoms with E-state index in [4.69, 9.17) is 23.2 Å². The molecule has 0 aromatic heterocycles. The van der Waals surface area contributed by atoms with Crippen LogP contribution in [0.25, 0.3) is 11.1 Å². The fourth-order valence-electron chi connectivity index (χ4n) is 1.73. The second-order valence-corrected chi connectivity index (χ2v) is 4.72. The number of carbonyl (C=O) groups excluding carboxylic acids is 1. The Balaban J connectivity index is 2.62. The van der Waals surface area contributed by atoms with E-state index in [0.29, 0.717) is 15.6 Å². The monoisotopic (exact) mass is 264 g/mol. The highest BCUT2D eigenvalue weighted by molar-refractivity contribution is 6.35. The summed E-state index contributed by atoms with van der Waals surface area (Å²) in [6.45, 7) is 1.98. The molecule has 0 spiro atoms. The van der Waals surface area contributed by atoms with Gasteiger partial charge >= 0.3 is 0 Å². The molecule has 0 bridgehead atoms. The number of hydrogen-bond acceptors (Lipinski definition) is 1. The molecule has 0 saturated carbocycles. The molecule has 2 aromatic carbocycles. The van der Waals surface area contributed by atoms with E-state index in [2.05, 4.69) is 0 Å². The summed E-state index contributed by atoms with van der Waals surface area (Å²) in [4.78, 5) is 10.8. The standard InChI is InChI=1S/C14H10Cl2O/c1-9-2-3-10(8-17)4-14(9)11-5-12(15)7-13(16)6-11/h2-8H,1H3. The van der Waals surface area contributed by atoms with Gasteiger partial charge in [0.1, 0.15) is 6.29 Å². The van der Waals surface area contributed by atoms with Gasteiger partial charge in [0.15, 0.2) is 0 Å². The Morgan fingerprint density at radius 1 is 1.00 bits per heavy atom. The van der Waals surface area contributed by atoms with E-state index in [0.717, 1.165) is 23.0 Å². The van der Waals surface area contributed by atoms with Crippen molar-refractivity contribution in [1.29, 1.82) is 0 Å². The van der Waals surface area contributed by atoms with Crippen LogP contribution in [0.4, 0.5) is 0 Å². The number of benzene rings is 2. The molecule has 3 heteroatoms. The molecule has 0 heterocycles. The molecule has 17 heavy (non-hydrogen) atoms. The van der Waals surface area contributed by atoms with Crippen LogP contribution < -0.4 is 0 Å². The lowest BCUT2D eigenvalue weighted by Gasteiger charge is -2.08. The Morgan fingerprint density at radius 3 is 2.24 bits per heavy atom. The van der Waals surface area contributed by atoms with Gasteiger partial charge in [0.2, 0.25) is 0 Å². The average Bonchev–Trinajstić information content (AvgIpc) is 2.28. The quantitative estimate of drug-likeness (QED) is 0.714. The first kappa shape index (κ1) is 12.2. The summed E-state index contributed by atoms with van der Waals surface area (Å²) in [7, 11) is 0. The molecule has 2 rings (SSSR count). The van der Waals surface area contributed by atoms with E-state index in [1.165, 1.54) is 0 Å². The van der Waals surface area contributed by atoms with Crippen LogP contribution >= 0.6 is 23.2 Å². The van der Waals surface area contributed by atoms with Crippen LogP contribution in [0.5, 0.6) is 0 Å². The molecule has 0 N–H and O–H groups in total. The van der Waals surface area contributed by atoms with Gasteiger partial charge in [-0.25, -0.2) is 0 Å². The van der Waals surface area contributed by atoms with Crippen LogP contribution in [-0.4, -0.2) is 6.29 Å². The molecule has 1 nitrogen and oxygen atoms in total. The minimum Gasteiger partial charge on any atom is -0.298 e. The smallest absolute Gasteiger partial charge is 0.150 e. The van der Waals surface area contributed by atoms with Gasteiger partial charge in [0.05, 0.1) is 0 Å². The summed E-state index contributed by atoms with van der Waals surface area (Å²) in [5, 5.41) is 1.17. The Bertz CT molecular complexity index is 556. The second kappa shape index (κ2) is 4.91. The fraction of sp³-hybridized carbons (Fsp3) is 0.0714. The maximum Gasteiger partial charge on any atom is 0.150 e. The maximum absolute atomic E-state index is 10.8. The molecule has 0 aliphatic heterocycles. The second-order valence-electron chi connectivity index (χ2n) is 3.85. The van der Waals surface area contributed by atoms with E-state index in [1.54, 1.807) is 12.1 Å².